The van der Waals surface area contributed by atoms with E-state index >= 15 is 0 Å². The van der Waals surface area contributed by atoms with E-state index < -0.39 is 0 Å². The summed E-state index contributed by atoms with van der Waals surface area (Å²) in [6.45, 7) is 0. The number of hydrogen-bond donors (Lipinski definition) is 0. The fourth-order valence-electron chi connectivity index (χ4n) is 2.74. The lowest BCUT2D eigenvalue weighted by Crippen LogP contribution is -2.05. The van der Waals surface area contributed by atoms with Gasteiger partial charge in [-0.1, -0.05) is 44.0 Å². The predicted molar refractivity (Wildman–Crippen MR) is 93.3 cm³/mol. The minimum Gasteiger partial charge on any atom is -0.276 e. The second-order valence-corrected chi connectivity index (χ2v) is 7.35. The quantitative estimate of drug-likeness (QED) is 0.550. The van der Waals surface area contributed by atoms with Crippen molar-refractivity contribution in [2.75, 3.05) is 0 Å². The van der Waals surface area contributed by atoms with Gasteiger partial charge in [-0.3, -0.25) is 4.79 Å². The molecule has 0 radical (unpaired) electrons. The van der Waals surface area contributed by atoms with Crippen LogP contribution in [0.5, 0.6) is 0 Å². The van der Waals surface area contributed by atoms with Gasteiger partial charge in [-0.25, -0.2) is 0 Å². The summed E-state index contributed by atoms with van der Waals surface area (Å²) in [4.78, 5) is 11.7. The van der Waals surface area contributed by atoms with Crippen molar-refractivity contribution < 1.29 is 4.79 Å². The van der Waals surface area contributed by atoms with Crippen molar-refractivity contribution in [3.8, 4) is 0 Å². The minimum atomic E-state index is -0.372. The number of aryl methyl sites for hydroxylation is 4. The maximum atomic E-state index is 11.7. The Morgan fingerprint density at radius 3 is 2.24 bits per heavy atom. The summed E-state index contributed by atoms with van der Waals surface area (Å²) in [7, 11) is 0. The molecule has 4 aliphatic rings. The Balaban J connectivity index is 2.11. The average molecular weight is 429 g/mol. The molecular weight excluding hydrogens is 415 g/mol. The normalized spacial score (nSPS) is 13.9. The molecule has 0 heterocycles. The number of carbonyl (C=O) groups excluding carboxylic acids is 1. The van der Waals surface area contributed by atoms with E-state index in [-0.39, 0.29) is 5.24 Å². The lowest BCUT2D eigenvalue weighted by Gasteiger charge is -2.15. The number of carbonyl (C=O) groups is 1. The summed E-state index contributed by atoms with van der Waals surface area (Å²) < 4.78 is 2.21. The first-order valence-electron chi connectivity index (χ1n) is 6.83. The molecule has 6 rings (SSSR count). The van der Waals surface area contributed by atoms with Crippen molar-refractivity contribution in [1.82, 2.24) is 0 Å². The first-order valence-corrected chi connectivity index (χ1v) is 8.79. The molecule has 0 spiro atoms. The monoisotopic (exact) mass is 426 g/mol. The second kappa shape index (κ2) is 6.23. The zero-order chi connectivity index (χ0) is 15.0. The molecule has 2 aromatic carbocycles. The third-order valence-corrected chi connectivity index (χ3v) is 5.63. The average Bonchev–Trinajstić information content (AvgIpc) is 2.42. The van der Waals surface area contributed by atoms with Crippen molar-refractivity contribution in [2.45, 2.75) is 25.7 Å². The van der Waals surface area contributed by atoms with E-state index in [1.165, 1.54) is 11.1 Å². The zero-order valence-corrected chi connectivity index (χ0v) is 15.2. The molecular formula is C17H13Br2ClO. The van der Waals surface area contributed by atoms with Crippen LogP contribution in [0.4, 0.5) is 0 Å². The van der Waals surface area contributed by atoms with Gasteiger partial charge >= 0.3 is 0 Å². The van der Waals surface area contributed by atoms with Gasteiger partial charge in [0.1, 0.15) is 0 Å². The number of rotatable bonds is 1. The van der Waals surface area contributed by atoms with E-state index in [0.29, 0.717) is 5.56 Å². The molecule has 0 atom stereocenters. The van der Waals surface area contributed by atoms with Crippen LogP contribution in [0, 0.1) is 0 Å². The van der Waals surface area contributed by atoms with Gasteiger partial charge in [0.15, 0.2) is 0 Å². The molecule has 0 unspecified atom stereocenters. The van der Waals surface area contributed by atoms with Crippen molar-refractivity contribution in [2.24, 2.45) is 0 Å². The molecule has 4 heteroatoms. The fourth-order valence-corrected chi connectivity index (χ4v) is 4.13. The van der Waals surface area contributed by atoms with E-state index in [4.69, 9.17) is 11.6 Å². The van der Waals surface area contributed by atoms with Gasteiger partial charge in [0.25, 0.3) is 5.24 Å². The van der Waals surface area contributed by atoms with Crippen molar-refractivity contribution in [1.29, 1.82) is 0 Å². The molecule has 21 heavy (non-hydrogen) atoms. The van der Waals surface area contributed by atoms with E-state index in [1.54, 1.807) is 0 Å². The highest BCUT2D eigenvalue weighted by Gasteiger charge is 2.15. The van der Waals surface area contributed by atoms with E-state index in [2.05, 4.69) is 50.1 Å². The maximum Gasteiger partial charge on any atom is 0.252 e. The van der Waals surface area contributed by atoms with Crippen LogP contribution in [0.1, 0.15) is 32.6 Å². The van der Waals surface area contributed by atoms with Gasteiger partial charge in [0.05, 0.1) is 0 Å². The van der Waals surface area contributed by atoms with Gasteiger partial charge in [-0.2, -0.15) is 0 Å². The van der Waals surface area contributed by atoms with Crippen LogP contribution in [0.15, 0.2) is 39.3 Å². The Morgan fingerprint density at radius 2 is 1.52 bits per heavy atom. The van der Waals surface area contributed by atoms with Crippen LogP contribution in [0.2, 0.25) is 0 Å². The van der Waals surface area contributed by atoms with Crippen LogP contribution in [-0.4, -0.2) is 5.24 Å². The Labute approximate surface area is 146 Å². The highest BCUT2D eigenvalue weighted by Crippen LogP contribution is 2.29. The highest BCUT2D eigenvalue weighted by atomic mass is 79.9. The standard InChI is InChI=1S/C17H13Br2ClO/c18-15-7-10-1-3-11(15)5-6-12-9-16(19)13(4-2-10)8-14(12)17(20)21/h1,3,7-9H,2,4-6H2. The van der Waals surface area contributed by atoms with Crippen LogP contribution < -0.4 is 0 Å². The first kappa shape index (κ1) is 15.3. The van der Waals surface area contributed by atoms with E-state index in [9.17, 15) is 4.79 Å². The molecule has 0 saturated carbocycles. The molecule has 0 aliphatic heterocycles. The molecule has 0 fully saturated rings. The summed E-state index contributed by atoms with van der Waals surface area (Å²) in [5, 5.41) is -0.372. The van der Waals surface area contributed by atoms with Crippen LogP contribution in [0.3, 0.4) is 0 Å². The molecule has 1 nitrogen and oxygen atoms in total. The molecule has 0 amide bonds. The first-order chi connectivity index (χ1) is 10.0. The summed E-state index contributed by atoms with van der Waals surface area (Å²) in [5.41, 5.74) is 5.32. The van der Waals surface area contributed by atoms with Gasteiger partial charge in [0.2, 0.25) is 0 Å². The van der Waals surface area contributed by atoms with Crippen molar-refractivity contribution in [3.05, 3.63) is 67.1 Å². The molecule has 0 aromatic heterocycles. The maximum absolute atomic E-state index is 11.7. The van der Waals surface area contributed by atoms with Gasteiger partial charge in [-0.15, -0.1) is 0 Å². The largest absolute Gasteiger partial charge is 0.276 e. The summed E-state index contributed by atoms with van der Waals surface area (Å²) in [6, 6.07) is 10.6. The number of hydrogen-bond acceptors (Lipinski definition) is 1. The Hall–Kier alpha value is -0.640. The number of benzene rings is 2. The Morgan fingerprint density at radius 1 is 0.857 bits per heavy atom. The van der Waals surface area contributed by atoms with Crippen LogP contribution in [-0.2, 0) is 25.7 Å². The predicted octanol–water partition coefficient (Wildman–Crippen LogP) is 5.47. The molecule has 4 bridgehead atoms. The third-order valence-electron chi connectivity index (χ3n) is 3.95. The van der Waals surface area contributed by atoms with Gasteiger partial charge in [-0.05, 0) is 77.7 Å². The minimum absolute atomic E-state index is 0.372. The van der Waals surface area contributed by atoms with E-state index in [0.717, 1.165) is 45.8 Å². The van der Waals surface area contributed by atoms with Gasteiger partial charge in [0, 0.05) is 14.5 Å². The molecule has 4 aliphatic carbocycles. The SMILES string of the molecule is O=C(Cl)c1cc2c(Br)cc1CCc1ccc(cc1Br)CC2. The van der Waals surface area contributed by atoms with Gasteiger partial charge < -0.3 is 0 Å². The summed E-state index contributed by atoms with van der Waals surface area (Å²) in [6.07, 6.45) is 3.49. The topological polar surface area (TPSA) is 17.1 Å². The summed E-state index contributed by atoms with van der Waals surface area (Å²) in [5.74, 6) is 0. The highest BCUT2D eigenvalue weighted by molar-refractivity contribution is 9.10. The fraction of sp³-hybridized carbons (Fsp3) is 0.235. The van der Waals surface area contributed by atoms with Crippen molar-refractivity contribution in [3.63, 3.8) is 0 Å². The zero-order valence-electron chi connectivity index (χ0n) is 11.3. The van der Waals surface area contributed by atoms with Crippen LogP contribution >= 0.6 is 43.5 Å². The molecule has 108 valence electrons. The van der Waals surface area contributed by atoms with E-state index in [1.807, 2.05) is 12.1 Å². The lowest BCUT2D eigenvalue weighted by molar-refractivity contribution is 0.108. The molecule has 2 aromatic rings. The number of halogens is 3. The Kier molecular flexibility index (Phi) is 4.53. The van der Waals surface area contributed by atoms with Crippen molar-refractivity contribution >= 4 is 48.7 Å². The summed E-state index contributed by atoms with van der Waals surface area (Å²) >= 11 is 13.0. The smallest absolute Gasteiger partial charge is 0.252 e. The molecule has 0 N–H and O–H groups in total. The third kappa shape index (κ3) is 3.25. The second-order valence-electron chi connectivity index (χ2n) is 5.30. The Bertz CT molecular complexity index is 725. The lowest BCUT2D eigenvalue weighted by atomic mass is 9.94. The molecule has 0 saturated heterocycles. The van der Waals surface area contributed by atoms with Crippen LogP contribution in [0.25, 0.3) is 0 Å².